The molecule has 1 aliphatic rings. The van der Waals surface area contributed by atoms with E-state index in [9.17, 15) is 0 Å². The molecule has 1 fully saturated rings. The Labute approximate surface area is 99.8 Å². The van der Waals surface area contributed by atoms with Crippen LogP contribution in [0.15, 0.2) is 5.10 Å². The predicted octanol–water partition coefficient (Wildman–Crippen LogP) is 1.83. The Hall–Kier alpha value is -0.553. The van der Waals surface area contributed by atoms with Gasteiger partial charge in [-0.3, -0.25) is 5.43 Å². The maximum absolute atomic E-state index is 5.49. The first-order valence-corrected chi connectivity index (χ1v) is 9.79. The van der Waals surface area contributed by atoms with Crippen molar-refractivity contribution in [1.82, 2.24) is 10.7 Å². The Morgan fingerprint density at radius 1 is 1.38 bits per heavy atom. The molecule has 0 saturated heterocycles. The van der Waals surface area contributed by atoms with Crippen molar-refractivity contribution >= 4 is 13.9 Å². The van der Waals surface area contributed by atoms with Crippen molar-refractivity contribution in [2.45, 2.75) is 38.5 Å². The molecule has 0 unspecified atom stereocenters. The number of rotatable bonds is 7. The van der Waals surface area contributed by atoms with Gasteiger partial charge in [0.05, 0.1) is 0 Å². The number of amidine groups is 1. The molecule has 1 rings (SSSR count). The van der Waals surface area contributed by atoms with E-state index in [2.05, 4.69) is 35.5 Å². The average molecular weight is 243 g/mol. The molecule has 4 nitrogen and oxygen atoms in total. The Balaban J connectivity index is 2.02. The molecule has 0 radical (unpaired) electrons. The molecule has 1 aliphatic carbocycles. The molecular weight excluding hydrogens is 218 g/mol. The summed E-state index contributed by atoms with van der Waals surface area (Å²) in [5.74, 6) is 1.72. The second kappa shape index (κ2) is 6.25. The third kappa shape index (κ3) is 6.12. The number of hydrazone groups is 1. The maximum atomic E-state index is 5.49. The normalized spacial score (nSPS) is 17.4. The van der Waals surface area contributed by atoms with Gasteiger partial charge in [-0.25, -0.2) is 0 Å². The second-order valence-corrected chi connectivity index (χ2v) is 11.2. The van der Waals surface area contributed by atoms with E-state index in [-0.39, 0.29) is 0 Å². The minimum Gasteiger partial charge on any atom is -0.375 e. The lowest BCUT2D eigenvalue weighted by Gasteiger charge is -2.15. The van der Waals surface area contributed by atoms with Crippen molar-refractivity contribution in [2.24, 2.45) is 11.0 Å². The molecule has 5 heteroatoms. The van der Waals surface area contributed by atoms with Gasteiger partial charge in [-0.2, -0.15) is 5.10 Å². The van der Waals surface area contributed by atoms with E-state index in [0.29, 0.717) is 12.6 Å². The molecule has 0 aliphatic heterocycles. The minimum atomic E-state index is -0.955. The van der Waals surface area contributed by atoms with Crippen LogP contribution in [0.25, 0.3) is 0 Å². The highest BCUT2D eigenvalue weighted by atomic mass is 28.3. The Morgan fingerprint density at radius 3 is 2.56 bits per heavy atom. The number of hydrogen-bond acceptors (Lipinski definition) is 3. The maximum Gasteiger partial charge on any atom is 0.132 e. The summed E-state index contributed by atoms with van der Waals surface area (Å²) >= 11 is 0. The van der Waals surface area contributed by atoms with Crippen molar-refractivity contribution in [1.29, 1.82) is 0 Å². The lowest BCUT2D eigenvalue weighted by molar-refractivity contribution is 0.129. The molecule has 0 aromatic rings. The van der Waals surface area contributed by atoms with Crippen LogP contribution in [0, 0.1) is 5.92 Å². The van der Waals surface area contributed by atoms with E-state index >= 15 is 0 Å². The van der Waals surface area contributed by atoms with E-state index in [4.69, 9.17) is 4.74 Å². The first kappa shape index (κ1) is 13.5. The molecule has 0 bridgehead atoms. The van der Waals surface area contributed by atoms with Crippen LogP contribution in [-0.2, 0) is 4.74 Å². The van der Waals surface area contributed by atoms with Gasteiger partial charge in [0.25, 0.3) is 0 Å². The summed E-state index contributed by atoms with van der Waals surface area (Å²) in [5, 5.41) is 7.40. The zero-order valence-electron chi connectivity index (χ0n) is 11.0. The summed E-state index contributed by atoms with van der Waals surface area (Å²) in [6.45, 7) is 8.43. The summed E-state index contributed by atoms with van der Waals surface area (Å²) in [6.07, 6.45) is 2.52. The van der Waals surface area contributed by atoms with E-state index in [0.717, 1.165) is 12.4 Å². The largest absolute Gasteiger partial charge is 0.375 e. The van der Waals surface area contributed by atoms with Crippen molar-refractivity contribution in [3.63, 3.8) is 0 Å². The molecule has 0 atom stereocenters. The molecule has 0 heterocycles. The van der Waals surface area contributed by atoms with Crippen LogP contribution in [0.3, 0.4) is 0 Å². The number of nitrogens with zero attached hydrogens (tertiary/aromatic N) is 1. The van der Waals surface area contributed by atoms with Gasteiger partial charge in [0.1, 0.15) is 12.6 Å². The van der Waals surface area contributed by atoms with E-state index < -0.39 is 8.07 Å². The predicted molar refractivity (Wildman–Crippen MR) is 71.3 cm³/mol. The van der Waals surface area contributed by atoms with Gasteiger partial charge in [0.15, 0.2) is 0 Å². The molecule has 0 amide bonds. The monoisotopic (exact) mass is 243 g/mol. The Bertz CT molecular complexity index is 234. The molecule has 0 aromatic heterocycles. The lowest BCUT2D eigenvalue weighted by Crippen LogP contribution is -2.26. The first-order chi connectivity index (χ1) is 7.53. The fraction of sp³-hybridized carbons (Fsp3) is 0.909. The van der Waals surface area contributed by atoms with Crippen LogP contribution < -0.4 is 10.7 Å². The Kier molecular flexibility index (Phi) is 5.28. The van der Waals surface area contributed by atoms with Gasteiger partial charge in [-0.1, -0.05) is 19.6 Å². The van der Waals surface area contributed by atoms with Crippen LogP contribution in [0.4, 0.5) is 0 Å². The SMILES string of the molecule is CN/C(=N\NCOCC[Si](C)(C)C)C1CC1. The highest BCUT2D eigenvalue weighted by Gasteiger charge is 2.26. The molecule has 0 aromatic carbocycles. The number of hydrogen-bond donors (Lipinski definition) is 2. The smallest absolute Gasteiger partial charge is 0.132 e. The van der Waals surface area contributed by atoms with Gasteiger partial charge in [0, 0.05) is 27.6 Å². The number of nitrogens with one attached hydrogen (secondary N) is 2. The Morgan fingerprint density at radius 2 is 2.06 bits per heavy atom. The van der Waals surface area contributed by atoms with E-state index in [1.165, 1.54) is 18.9 Å². The first-order valence-electron chi connectivity index (χ1n) is 6.09. The lowest BCUT2D eigenvalue weighted by atomic mass is 10.4. The minimum absolute atomic E-state index is 0.516. The van der Waals surface area contributed by atoms with Gasteiger partial charge in [-0.05, 0) is 18.9 Å². The fourth-order valence-corrected chi connectivity index (χ4v) is 2.08. The number of ether oxygens (including phenoxy) is 1. The van der Waals surface area contributed by atoms with Gasteiger partial charge < -0.3 is 10.1 Å². The molecule has 0 spiro atoms. The van der Waals surface area contributed by atoms with Crippen LogP contribution >= 0.6 is 0 Å². The molecule has 16 heavy (non-hydrogen) atoms. The average Bonchev–Trinajstić information content (AvgIpc) is 2.99. The van der Waals surface area contributed by atoms with Gasteiger partial charge >= 0.3 is 0 Å². The zero-order valence-corrected chi connectivity index (χ0v) is 12.0. The van der Waals surface area contributed by atoms with Crippen LogP contribution in [-0.4, -0.2) is 34.3 Å². The molecule has 94 valence electrons. The van der Waals surface area contributed by atoms with Crippen LogP contribution in [0.5, 0.6) is 0 Å². The topological polar surface area (TPSA) is 45.7 Å². The van der Waals surface area contributed by atoms with E-state index in [1.807, 2.05) is 7.05 Å². The highest BCUT2D eigenvalue weighted by molar-refractivity contribution is 6.76. The van der Waals surface area contributed by atoms with Crippen LogP contribution in [0.2, 0.25) is 25.7 Å². The second-order valence-electron chi connectivity index (χ2n) is 5.54. The van der Waals surface area contributed by atoms with E-state index in [1.54, 1.807) is 0 Å². The molecule has 1 saturated carbocycles. The summed E-state index contributed by atoms with van der Waals surface area (Å²) in [6, 6.07) is 1.21. The van der Waals surface area contributed by atoms with Crippen molar-refractivity contribution in [2.75, 3.05) is 20.4 Å². The quantitative estimate of drug-likeness (QED) is 0.179. The highest BCUT2D eigenvalue weighted by Crippen LogP contribution is 2.29. The third-order valence-corrected chi connectivity index (χ3v) is 4.29. The summed E-state index contributed by atoms with van der Waals surface area (Å²) in [5.41, 5.74) is 2.96. The summed E-state index contributed by atoms with van der Waals surface area (Å²) < 4.78 is 5.49. The third-order valence-electron chi connectivity index (χ3n) is 2.58. The molecule has 2 N–H and O–H groups in total. The zero-order chi connectivity index (χ0) is 12.0. The van der Waals surface area contributed by atoms with Crippen LogP contribution in [0.1, 0.15) is 12.8 Å². The summed E-state index contributed by atoms with van der Waals surface area (Å²) in [4.78, 5) is 0. The standard InChI is InChI=1S/C11H25N3OSi/c1-12-11(10-5-6-10)14-13-9-15-7-8-16(2,3)4/h10,13H,5-9H2,1-4H3,(H,12,14). The molecular formula is C11H25N3OSi. The van der Waals surface area contributed by atoms with Crippen molar-refractivity contribution in [3.8, 4) is 0 Å². The van der Waals surface area contributed by atoms with Gasteiger partial charge in [0.2, 0.25) is 0 Å². The van der Waals surface area contributed by atoms with Crippen molar-refractivity contribution < 1.29 is 4.74 Å². The van der Waals surface area contributed by atoms with Gasteiger partial charge in [-0.15, -0.1) is 0 Å². The van der Waals surface area contributed by atoms with Crippen molar-refractivity contribution in [3.05, 3.63) is 0 Å². The fourth-order valence-electron chi connectivity index (χ4n) is 1.32. The summed E-state index contributed by atoms with van der Waals surface area (Å²) in [7, 11) is 0.967.